The molecule has 0 spiro atoms. The molecule has 0 aliphatic rings. The first-order valence-electron chi connectivity index (χ1n) is 2.75. The predicted molar refractivity (Wildman–Crippen MR) is 31.5 cm³/mol. The van der Waals surface area contributed by atoms with Crippen LogP contribution in [0.15, 0.2) is 6.33 Å². The van der Waals surface area contributed by atoms with Crippen molar-refractivity contribution in [2.45, 2.75) is 19.5 Å². The molecule has 0 aliphatic carbocycles. The van der Waals surface area contributed by atoms with Gasteiger partial charge in [-0.2, -0.15) is 0 Å². The van der Waals surface area contributed by atoms with Gasteiger partial charge in [0.05, 0.1) is 6.54 Å². The summed E-state index contributed by atoms with van der Waals surface area (Å²) in [6, 6.07) is 0.105. The molecule has 0 saturated carbocycles. The van der Waals surface area contributed by atoms with Crippen molar-refractivity contribution in [1.29, 1.82) is 0 Å². The van der Waals surface area contributed by atoms with Gasteiger partial charge in [-0.25, -0.2) is 4.68 Å². The Morgan fingerprint density at radius 1 is 1.78 bits per heavy atom. The summed E-state index contributed by atoms with van der Waals surface area (Å²) in [6.07, 6.45) is 1.54. The summed E-state index contributed by atoms with van der Waals surface area (Å²) in [6.45, 7) is 2.58. The van der Waals surface area contributed by atoms with Crippen LogP contribution in [0.2, 0.25) is 0 Å². The zero-order valence-electron chi connectivity index (χ0n) is 5.23. The molecule has 2 N–H and O–H groups in total. The standard InChI is InChI=1S/C4H9N5/c1-4(5)2-9-3-6-7-8-9/h3-4H,2,5H2,1H3. The highest BCUT2D eigenvalue weighted by Crippen LogP contribution is 1.80. The quantitative estimate of drug-likeness (QED) is 0.554. The van der Waals surface area contributed by atoms with Gasteiger partial charge in [-0.05, 0) is 17.4 Å². The first-order valence-corrected chi connectivity index (χ1v) is 2.75. The van der Waals surface area contributed by atoms with Crippen LogP contribution in [-0.2, 0) is 6.54 Å². The normalized spacial score (nSPS) is 13.6. The topological polar surface area (TPSA) is 69.6 Å². The third-order valence-electron chi connectivity index (χ3n) is 0.866. The summed E-state index contributed by atoms with van der Waals surface area (Å²) in [4.78, 5) is 0. The van der Waals surface area contributed by atoms with Gasteiger partial charge in [-0.3, -0.25) is 0 Å². The van der Waals surface area contributed by atoms with E-state index in [2.05, 4.69) is 15.5 Å². The Morgan fingerprint density at radius 3 is 3.00 bits per heavy atom. The summed E-state index contributed by atoms with van der Waals surface area (Å²) >= 11 is 0. The van der Waals surface area contributed by atoms with E-state index in [-0.39, 0.29) is 6.04 Å². The molecular formula is C4H9N5. The maximum absolute atomic E-state index is 5.47. The number of rotatable bonds is 2. The number of tetrazole rings is 1. The number of nitrogens with two attached hydrogens (primary N) is 1. The van der Waals surface area contributed by atoms with Crippen molar-refractivity contribution in [3.8, 4) is 0 Å². The molecule has 50 valence electrons. The van der Waals surface area contributed by atoms with Crippen molar-refractivity contribution in [2.75, 3.05) is 0 Å². The van der Waals surface area contributed by atoms with Gasteiger partial charge in [0.1, 0.15) is 6.33 Å². The zero-order chi connectivity index (χ0) is 6.69. The lowest BCUT2D eigenvalue weighted by Gasteiger charge is -2.00. The van der Waals surface area contributed by atoms with Gasteiger partial charge >= 0.3 is 0 Å². The molecule has 0 saturated heterocycles. The molecule has 1 atom stereocenters. The second-order valence-electron chi connectivity index (χ2n) is 2.01. The monoisotopic (exact) mass is 127 g/mol. The van der Waals surface area contributed by atoms with Gasteiger partial charge in [0.15, 0.2) is 0 Å². The van der Waals surface area contributed by atoms with Crippen LogP contribution >= 0.6 is 0 Å². The molecule has 1 unspecified atom stereocenters. The minimum Gasteiger partial charge on any atom is -0.326 e. The Hall–Kier alpha value is -0.970. The summed E-state index contributed by atoms with van der Waals surface area (Å²) in [7, 11) is 0. The Kier molecular flexibility index (Phi) is 1.74. The lowest BCUT2D eigenvalue weighted by Crippen LogP contribution is -2.22. The van der Waals surface area contributed by atoms with Crippen LogP contribution in [-0.4, -0.2) is 26.2 Å². The summed E-state index contributed by atoms with van der Waals surface area (Å²) in [5.41, 5.74) is 5.47. The van der Waals surface area contributed by atoms with Gasteiger partial charge in [0, 0.05) is 6.04 Å². The molecule has 0 radical (unpaired) electrons. The molecule has 0 aromatic carbocycles. The first kappa shape index (κ1) is 6.15. The Bertz CT molecular complexity index is 155. The molecule has 0 bridgehead atoms. The molecule has 5 nitrogen and oxygen atoms in total. The van der Waals surface area contributed by atoms with Gasteiger partial charge in [-0.1, -0.05) is 0 Å². The van der Waals surface area contributed by atoms with Crippen LogP contribution < -0.4 is 5.73 Å². The molecule has 0 fully saturated rings. The van der Waals surface area contributed by atoms with E-state index in [1.807, 2.05) is 6.92 Å². The average Bonchev–Trinajstić information content (AvgIpc) is 2.15. The summed E-state index contributed by atoms with van der Waals surface area (Å²) in [5, 5.41) is 10.5. The summed E-state index contributed by atoms with van der Waals surface area (Å²) < 4.78 is 1.60. The van der Waals surface area contributed by atoms with E-state index < -0.39 is 0 Å². The zero-order valence-corrected chi connectivity index (χ0v) is 5.23. The van der Waals surface area contributed by atoms with Crippen molar-refractivity contribution in [3.63, 3.8) is 0 Å². The fraction of sp³-hybridized carbons (Fsp3) is 0.750. The van der Waals surface area contributed by atoms with Gasteiger partial charge < -0.3 is 5.73 Å². The SMILES string of the molecule is CC(N)Cn1cnnn1. The third kappa shape index (κ3) is 1.77. The molecule has 1 aromatic heterocycles. The number of nitrogens with zero attached hydrogens (tertiary/aromatic N) is 4. The van der Waals surface area contributed by atoms with E-state index >= 15 is 0 Å². The van der Waals surface area contributed by atoms with Crippen LogP contribution in [0.1, 0.15) is 6.92 Å². The number of hydrogen-bond acceptors (Lipinski definition) is 4. The highest BCUT2D eigenvalue weighted by Gasteiger charge is 1.94. The second-order valence-corrected chi connectivity index (χ2v) is 2.01. The highest BCUT2D eigenvalue weighted by molar-refractivity contribution is 4.54. The van der Waals surface area contributed by atoms with Crippen molar-refractivity contribution >= 4 is 0 Å². The largest absolute Gasteiger partial charge is 0.326 e. The number of hydrogen-bond donors (Lipinski definition) is 1. The first-order chi connectivity index (χ1) is 4.29. The Balaban J connectivity index is 2.48. The van der Waals surface area contributed by atoms with Crippen LogP contribution in [0.25, 0.3) is 0 Å². The second kappa shape index (κ2) is 2.54. The molecule has 1 aromatic rings. The molecule has 1 heterocycles. The van der Waals surface area contributed by atoms with E-state index in [0.29, 0.717) is 6.54 Å². The van der Waals surface area contributed by atoms with E-state index in [1.54, 1.807) is 11.0 Å². The van der Waals surface area contributed by atoms with Crippen molar-refractivity contribution in [1.82, 2.24) is 20.2 Å². The lowest BCUT2D eigenvalue weighted by molar-refractivity contribution is 0.523. The minimum absolute atomic E-state index is 0.105. The molecule has 5 heteroatoms. The Labute approximate surface area is 52.8 Å². The third-order valence-corrected chi connectivity index (χ3v) is 0.866. The average molecular weight is 127 g/mol. The van der Waals surface area contributed by atoms with Crippen molar-refractivity contribution in [3.05, 3.63) is 6.33 Å². The fourth-order valence-corrected chi connectivity index (χ4v) is 0.559. The van der Waals surface area contributed by atoms with E-state index in [9.17, 15) is 0 Å². The number of aromatic nitrogens is 4. The fourth-order valence-electron chi connectivity index (χ4n) is 0.559. The van der Waals surface area contributed by atoms with Gasteiger partial charge in [-0.15, -0.1) is 5.10 Å². The van der Waals surface area contributed by atoms with Gasteiger partial charge in [0.25, 0.3) is 0 Å². The Morgan fingerprint density at radius 2 is 2.56 bits per heavy atom. The minimum atomic E-state index is 0.105. The molecule has 0 aliphatic heterocycles. The predicted octanol–water partition coefficient (Wildman–Crippen LogP) is -0.980. The van der Waals surface area contributed by atoms with Crippen LogP contribution in [0.3, 0.4) is 0 Å². The molecule has 0 amide bonds. The van der Waals surface area contributed by atoms with E-state index in [4.69, 9.17) is 5.73 Å². The molecule has 1 rings (SSSR count). The van der Waals surface area contributed by atoms with Crippen molar-refractivity contribution in [2.24, 2.45) is 5.73 Å². The highest BCUT2D eigenvalue weighted by atomic mass is 15.5. The van der Waals surface area contributed by atoms with Crippen LogP contribution in [0.5, 0.6) is 0 Å². The van der Waals surface area contributed by atoms with E-state index in [0.717, 1.165) is 0 Å². The van der Waals surface area contributed by atoms with Crippen LogP contribution in [0, 0.1) is 0 Å². The van der Waals surface area contributed by atoms with Gasteiger partial charge in [0.2, 0.25) is 0 Å². The maximum Gasteiger partial charge on any atom is 0.138 e. The summed E-state index contributed by atoms with van der Waals surface area (Å²) in [5.74, 6) is 0. The van der Waals surface area contributed by atoms with E-state index in [1.165, 1.54) is 0 Å². The smallest absolute Gasteiger partial charge is 0.138 e. The maximum atomic E-state index is 5.47. The molecular weight excluding hydrogens is 118 g/mol. The van der Waals surface area contributed by atoms with Crippen molar-refractivity contribution < 1.29 is 0 Å². The molecule has 9 heavy (non-hydrogen) atoms. The van der Waals surface area contributed by atoms with Crippen LogP contribution in [0.4, 0.5) is 0 Å². The lowest BCUT2D eigenvalue weighted by atomic mass is 10.4.